The summed E-state index contributed by atoms with van der Waals surface area (Å²) in [5.74, 6) is 0.860. The quantitative estimate of drug-likeness (QED) is 0.840. The third-order valence-corrected chi connectivity index (χ3v) is 4.87. The third kappa shape index (κ3) is 3.89. The minimum absolute atomic E-state index is 0.0670. The molecule has 1 aromatic rings. The molecule has 2 nitrogen and oxygen atoms in total. The first-order chi connectivity index (χ1) is 6.76. The predicted octanol–water partition coefficient (Wildman–Crippen LogP) is 1.10. The molecule has 0 spiro atoms. The fourth-order valence-electron chi connectivity index (χ4n) is 0.824. The molecule has 0 radical (unpaired) electrons. The van der Waals surface area contributed by atoms with E-state index in [0.29, 0.717) is 5.03 Å². The fourth-order valence-corrected chi connectivity index (χ4v) is 2.93. The topological polar surface area (TPSA) is 29.5 Å². The van der Waals surface area contributed by atoms with E-state index in [1.54, 1.807) is 7.11 Å². The van der Waals surface area contributed by atoms with Crippen LogP contribution in [0.4, 0.5) is 0 Å². The van der Waals surface area contributed by atoms with Crippen molar-refractivity contribution in [1.82, 2.24) is 0 Å². The summed E-state index contributed by atoms with van der Waals surface area (Å²) >= 11 is 5.27. The molecular weight excluding hydrogens is 315 g/mol. The Morgan fingerprint density at radius 2 is 2.14 bits per heavy atom. The normalized spacial score (nSPS) is 11.5. The van der Waals surface area contributed by atoms with Crippen molar-refractivity contribution in [3.8, 4) is 5.75 Å². The molecule has 0 amide bonds. The number of rotatable bonds is 4. The second-order valence-corrected chi connectivity index (χ2v) is 5.69. The molecule has 1 N–H and O–H groups in total. The molecule has 0 atom stereocenters. The second kappa shape index (κ2) is 6.31. The number of hydrogen-bond acceptors (Lipinski definition) is 2. The molecule has 0 aromatic heterocycles. The van der Waals surface area contributed by atoms with E-state index in [9.17, 15) is 0 Å². The Labute approximate surface area is 98.6 Å². The van der Waals surface area contributed by atoms with Crippen molar-refractivity contribution in [3.05, 3.63) is 33.4 Å². The molecule has 0 saturated heterocycles. The zero-order valence-corrected chi connectivity index (χ0v) is 10.8. The average molecular weight is 326 g/mol. The van der Waals surface area contributed by atoms with Crippen molar-refractivity contribution in [2.75, 3.05) is 13.7 Å². The van der Waals surface area contributed by atoms with Crippen LogP contribution in [0.5, 0.6) is 5.75 Å². The van der Waals surface area contributed by atoms with Crippen LogP contribution in [0.25, 0.3) is 0 Å². The Balaban J connectivity index is 2.60. The average Bonchev–Trinajstić information content (AvgIpc) is 2.26. The van der Waals surface area contributed by atoms with E-state index in [1.165, 1.54) is 3.61 Å². The Hall–Kier alpha value is -0.200. The number of aliphatic hydroxyl groups excluding tert-OH is 1. The summed E-state index contributed by atoms with van der Waals surface area (Å²) in [6.07, 6.45) is 0. The van der Waals surface area contributed by atoms with Crippen molar-refractivity contribution in [1.29, 1.82) is 0 Å². The van der Waals surface area contributed by atoms with Crippen LogP contribution in [0.15, 0.2) is 33.4 Å². The van der Waals surface area contributed by atoms with Crippen LogP contribution in [0.1, 0.15) is 0 Å². The SMILES string of the molecule is COc1ccc([Te]/C=C(/Cl)CO)cc1. The minimum atomic E-state index is -0.424. The fraction of sp³-hybridized carbons (Fsp3) is 0.200. The molecule has 0 unspecified atom stereocenters. The van der Waals surface area contributed by atoms with Crippen molar-refractivity contribution < 1.29 is 9.84 Å². The van der Waals surface area contributed by atoms with Crippen molar-refractivity contribution in [2.24, 2.45) is 0 Å². The molecule has 0 aliphatic heterocycles. The van der Waals surface area contributed by atoms with Gasteiger partial charge in [0, 0.05) is 0 Å². The zero-order chi connectivity index (χ0) is 10.4. The molecule has 0 saturated carbocycles. The van der Waals surface area contributed by atoms with Crippen molar-refractivity contribution in [2.45, 2.75) is 0 Å². The van der Waals surface area contributed by atoms with Crippen LogP contribution in [0.2, 0.25) is 0 Å². The Morgan fingerprint density at radius 1 is 1.50 bits per heavy atom. The van der Waals surface area contributed by atoms with Gasteiger partial charge in [-0.05, 0) is 0 Å². The standard InChI is InChI=1S/C10H11ClO2Te/c1-13-9-2-4-10(5-3-9)14-7-8(11)6-12/h2-5,7,12H,6H2,1H3/b8-7+. The zero-order valence-electron chi connectivity index (χ0n) is 7.74. The molecule has 1 rings (SSSR count). The molecule has 76 valence electrons. The Bertz CT molecular complexity index is 308. The summed E-state index contributed by atoms with van der Waals surface area (Å²) < 4.78 is 8.24. The molecule has 0 aliphatic rings. The van der Waals surface area contributed by atoms with Gasteiger partial charge in [0.2, 0.25) is 0 Å². The number of ether oxygens (including phenoxy) is 1. The van der Waals surface area contributed by atoms with Crippen LogP contribution in [-0.4, -0.2) is 39.7 Å². The van der Waals surface area contributed by atoms with E-state index in [4.69, 9.17) is 21.4 Å². The van der Waals surface area contributed by atoms with Gasteiger partial charge >= 0.3 is 98.9 Å². The molecule has 0 aliphatic carbocycles. The number of benzene rings is 1. The van der Waals surface area contributed by atoms with E-state index >= 15 is 0 Å². The third-order valence-electron chi connectivity index (χ3n) is 1.53. The summed E-state index contributed by atoms with van der Waals surface area (Å²) in [5, 5.41) is 9.23. The first-order valence-corrected chi connectivity index (χ1v) is 6.91. The number of aliphatic hydroxyl groups is 1. The van der Waals surface area contributed by atoms with Crippen molar-refractivity contribution >= 4 is 36.1 Å². The van der Waals surface area contributed by atoms with Crippen LogP contribution in [0.3, 0.4) is 0 Å². The number of methoxy groups -OCH3 is 1. The van der Waals surface area contributed by atoms with Gasteiger partial charge in [0.25, 0.3) is 0 Å². The van der Waals surface area contributed by atoms with Crippen LogP contribution < -0.4 is 8.35 Å². The van der Waals surface area contributed by atoms with Gasteiger partial charge in [-0.3, -0.25) is 0 Å². The van der Waals surface area contributed by atoms with Crippen molar-refractivity contribution in [3.63, 3.8) is 0 Å². The molecule has 0 bridgehead atoms. The molecule has 0 heterocycles. The second-order valence-electron chi connectivity index (χ2n) is 2.52. The van der Waals surface area contributed by atoms with Gasteiger partial charge in [0.15, 0.2) is 0 Å². The van der Waals surface area contributed by atoms with Gasteiger partial charge < -0.3 is 0 Å². The first kappa shape index (κ1) is 11.9. The van der Waals surface area contributed by atoms with Gasteiger partial charge in [-0.15, -0.1) is 0 Å². The number of halogens is 1. The van der Waals surface area contributed by atoms with Crippen LogP contribution >= 0.6 is 11.6 Å². The summed E-state index contributed by atoms with van der Waals surface area (Å²) in [7, 11) is 1.65. The van der Waals surface area contributed by atoms with E-state index in [0.717, 1.165) is 5.75 Å². The van der Waals surface area contributed by atoms with E-state index in [-0.39, 0.29) is 6.61 Å². The monoisotopic (exact) mass is 328 g/mol. The Morgan fingerprint density at radius 3 is 2.64 bits per heavy atom. The Kier molecular flexibility index (Phi) is 5.35. The molecule has 4 heteroatoms. The predicted molar refractivity (Wildman–Crippen MR) is 59.4 cm³/mol. The van der Waals surface area contributed by atoms with Gasteiger partial charge in [-0.25, -0.2) is 0 Å². The van der Waals surface area contributed by atoms with Gasteiger partial charge in [0.1, 0.15) is 0 Å². The van der Waals surface area contributed by atoms with Gasteiger partial charge in [0.05, 0.1) is 0 Å². The summed E-state index contributed by atoms with van der Waals surface area (Å²) in [6.45, 7) is -0.0670. The van der Waals surface area contributed by atoms with E-state index in [2.05, 4.69) is 0 Å². The number of hydrogen-bond donors (Lipinski definition) is 1. The summed E-state index contributed by atoms with van der Waals surface area (Å²) in [5.41, 5.74) is 0. The van der Waals surface area contributed by atoms with E-state index in [1.807, 2.05) is 28.4 Å². The first-order valence-electron chi connectivity index (χ1n) is 4.02. The van der Waals surface area contributed by atoms with Crippen LogP contribution in [-0.2, 0) is 0 Å². The molecule has 1 aromatic carbocycles. The summed E-state index contributed by atoms with van der Waals surface area (Å²) in [6, 6.07) is 7.92. The maximum absolute atomic E-state index is 8.70. The molecule has 0 fully saturated rings. The maximum atomic E-state index is 8.70. The summed E-state index contributed by atoms with van der Waals surface area (Å²) in [4.78, 5) is 0. The van der Waals surface area contributed by atoms with E-state index < -0.39 is 20.9 Å². The van der Waals surface area contributed by atoms with Crippen LogP contribution in [0, 0.1) is 0 Å². The van der Waals surface area contributed by atoms with Gasteiger partial charge in [-0.2, -0.15) is 0 Å². The molecular formula is C10H11ClO2Te. The van der Waals surface area contributed by atoms with Gasteiger partial charge in [-0.1, -0.05) is 0 Å². The molecule has 14 heavy (non-hydrogen) atoms.